The maximum absolute atomic E-state index is 5.77. The Hall–Kier alpha value is -1.32. The van der Waals surface area contributed by atoms with E-state index in [0.29, 0.717) is 0 Å². The van der Waals surface area contributed by atoms with Crippen LogP contribution in [-0.4, -0.2) is 13.7 Å². The number of hydrogen-bond donors (Lipinski definition) is 1. The van der Waals surface area contributed by atoms with Gasteiger partial charge in [-0.05, 0) is 35.0 Å². The molecule has 1 N–H and O–H groups in total. The first kappa shape index (κ1) is 10.8. The molecule has 88 valence electrons. The molecular formula is C14H15NOS. The average molecular weight is 245 g/mol. The molecule has 0 radical (unpaired) electrons. The molecule has 1 aromatic carbocycles. The second-order valence-electron chi connectivity index (χ2n) is 4.21. The van der Waals surface area contributed by atoms with Gasteiger partial charge in [-0.3, -0.25) is 0 Å². The molecule has 0 bridgehead atoms. The molecule has 2 aromatic rings. The summed E-state index contributed by atoms with van der Waals surface area (Å²) in [4.78, 5) is 0. The van der Waals surface area contributed by atoms with Gasteiger partial charge in [-0.15, -0.1) is 0 Å². The van der Waals surface area contributed by atoms with Crippen LogP contribution in [0.1, 0.15) is 22.7 Å². The first-order valence-corrected chi connectivity index (χ1v) is 6.78. The lowest BCUT2D eigenvalue weighted by molar-refractivity contribution is 0.351. The zero-order chi connectivity index (χ0) is 11.7. The number of para-hydroxylation sites is 1. The van der Waals surface area contributed by atoms with E-state index in [2.05, 4.69) is 40.3 Å². The van der Waals surface area contributed by atoms with Crippen LogP contribution >= 0.6 is 11.3 Å². The summed E-state index contributed by atoms with van der Waals surface area (Å²) >= 11 is 1.73. The van der Waals surface area contributed by atoms with Crippen molar-refractivity contribution in [3.05, 3.63) is 51.7 Å². The molecule has 2 nitrogen and oxygen atoms in total. The fourth-order valence-electron chi connectivity index (χ4n) is 2.41. The second-order valence-corrected chi connectivity index (χ2v) is 4.99. The lowest BCUT2D eigenvalue weighted by Crippen LogP contribution is -2.17. The largest absolute Gasteiger partial charge is 0.493 e. The molecule has 0 aliphatic carbocycles. The van der Waals surface area contributed by atoms with E-state index in [1.54, 1.807) is 11.3 Å². The zero-order valence-electron chi connectivity index (χ0n) is 9.77. The van der Waals surface area contributed by atoms with Gasteiger partial charge in [0.1, 0.15) is 5.75 Å². The predicted octanol–water partition coefficient (Wildman–Crippen LogP) is 2.99. The molecule has 1 aromatic heterocycles. The molecule has 1 unspecified atom stereocenters. The van der Waals surface area contributed by atoms with Crippen LogP contribution in [0.5, 0.6) is 5.75 Å². The highest BCUT2D eigenvalue weighted by Crippen LogP contribution is 2.36. The first-order valence-electron chi connectivity index (χ1n) is 5.84. The van der Waals surface area contributed by atoms with E-state index in [0.717, 1.165) is 18.8 Å². The molecule has 0 saturated heterocycles. The molecule has 1 atom stereocenters. The number of nitrogens with one attached hydrogen (secondary N) is 1. The number of thiophene rings is 1. The molecule has 0 saturated carbocycles. The van der Waals surface area contributed by atoms with E-state index in [1.807, 2.05) is 7.05 Å². The third-order valence-electron chi connectivity index (χ3n) is 3.22. The Morgan fingerprint density at radius 3 is 3.06 bits per heavy atom. The van der Waals surface area contributed by atoms with Crippen LogP contribution < -0.4 is 10.1 Å². The molecule has 1 aliphatic rings. The Kier molecular flexibility index (Phi) is 2.87. The van der Waals surface area contributed by atoms with Gasteiger partial charge in [-0.1, -0.05) is 18.2 Å². The van der Waals surface area contributed by atoms with Crippen LogP contribution in [0.15, 0.2) is 35.0 Å². The van der Waals surface area contributed by atoms with Crippen LogP contribution in [0.2, 0.25) is 0 Å². The monoisotopic (exact) mass is 245 g/mol. The lowest BCUT2D eigenvalue weighted by Gasteiger charge is -2.18. The summed E-state index contributed by atoms with van der Waals surface area (Å²) in [5.41, 5.74) is 3.89. The highest BCUT2D eigenvalue weighted by molar-refractivity contribution is 7.08. The fraction of sp³-hybridized carbons (Fsp3) is 0.286. The minimum absolute atomic E-state index is 0.231. The van der Waals surface area contributed by atoms with Crippen molar-refractivity contribution in [2.24, 2.45) is 0 Å². The summed E-state index contributed by atoms with van der Waals surface area (Å²) < 4.78 is 5.77. The van der Waals surface area contributed by atoms with Crippen LogP contribution in [-0.2, 0) is 6.42 Å². The van der Waals surface area contributed by atoms with Gasteiger partial charge in [0.15, 0.2) is 0 Å². The van der Waals surface area contributed by atoms with Gasteiger partial charge >= 0.3 is 0 Å². The SMILES string of the molecule is CNC(c1ccsc1)c1cccc2c1OCC2. The van der Waals surface area contributed by atoms with Gasteiger partial charge in [0.2, 0.25) is 0 Å². The Morgan fingerprint density at radius 2 is 2.29 bits per heavy atom. The smallest absolute Gasteiger partial charge is 0.127 e. The van der Waals surface area contributed by atoms with Crippen molar-refractivity contribution >= 4 is 11.3 Å². The van der Waals surface area contributed by atoms with Crippen molar-refractivity contribution in [2.45, 2.75) is 12.5 Å². The van der Waals surface area contributed by atoms with Gasteiger partial charge in [0.25, 0.3) is 0 Å². The standard InChI is InChI=1S/C14H15NOS/c1-15-13(11-6-8-17-9-11)12-4-2-3-10-5-7-16-14(10)12/h2-4,6,8-9,13,15H,5,7H2,1H3. The highest BCUT2D eigenvalue weighted by Gasteiger charge is 2.22. The van der Waals surface area contributed by atoms with Gasteiger partial charge in [0.05, 0.1) is 12.6 Å². The minimum Gasteiger partial charge on any atom is -0.493 e. The van der Waals surface area contributed by atoms with E-state index in [1.165, 1.54) is 16.7 Å². The van der Waals surface area contributed by atoms with E-state index < -0.39 is 0 Å². The number of hydrogen-bond acceptors (Lipinski definition) is 3. The number of fused-ring (bicyclic) bond motifs is 1. The van der Waals surface area contributed by atoms with Crippen molar-refractivity contribution in [2.75, 3.05) is 13.7 Å². The number of benzene rings is 1. The summed E-state index contributed by atoms with van der Waals surface area (Å²) in [6.45, 7) is 0.812. The Balaban J connectivity index is 2.06. The number of rotatable bonds is 3. The second kappa shape index (κ2) is 4.51. The number of ether oxygens (including phenoxy) is 1. The summed E-state index contributed by atoms with van der Waals surface area (Å²) in [6.07, 6.45) is 1.03. The molecule has 2 heterocycles. The average Bonchev–Trinajstić information content (AvgIpc) is 3.00. The molecular weight excluding hydrogens is 230 g/mol. The zero-order valence-corrected chi connectivity index (χ0v) is 10.6. The Morgan fingerprint density at radius 1 is 1.35 bits per heavy atom. The third kappa shape index (κ3) is 1.85. The molecule has 17 heavy (non-hydrogen) atoms. The Labute approximate surface area is 105 Å². The maximum Gasteiger partial charge on any atom is 0.127 e. The van der Waals surface area contributed by atoms with Gasteiger partial charge in [-0.25, -0.2) is 0 Å². The predicted molar refractivity (Wildman–Crippen MR) is 70.9 cm³/mol. The topological polar surface area (TPSA) is 21.3 Å². The molecule has 1 aliphatic heterocycles. The fourth-order valence-corrected chi connectivity index (χ4v) is 3.10. The quantitative estimate of drug-likeness (QED) is 0.897. The summed E-state index contributed by atoms with van der Waals surface area (Å²) in [5, 5.41) is 7.68. The summed E-state index contributed by atoms with van der Waals surface area (Å²) in [5.74, 6) is 1.08. The molecule has 0 fully saturated rings. The first-order chi connectivity index (χ1) is 8.40. The highest BCUT2D eigenvalue weighted by atomic mass is 32.1. The van der Waals surface area contributed by atoms with Crippen LogP contribution in [0.3, 0.4) is 0 Å². The van der Waals surface area contributed by atoms with Crippen molar-refractivity contribution in [1.82, 2.24) is 5.32 Å². The van der Waals surface area contributed by atoms with Gasteiger partial charge in [0, 0.05) is 12.0 Å². The molecule has 3 heteroatoms. The van der Waals surface area contributed by atoms with Crippen LogP contribution in [0, 0.1) is 0 Å². The molecule has 3 rings (SSSR count). The summed E-state index contributed by atoms with van der Waals surface area (Å²) in [6, 6.07) is 8.84. The third-order valence-corrected chi connectivity index (χ3v) is 3.92. The van der Waals surface area contributed by atoms with E-state index in [9.17, 15) is 0 Å². The molecule has 0 amide bonds. The maximum atomic E-state index is 5.77. The van der Waals surface area contributed by atoms with E-state index in [-0.39, 0.29) is 6.04 Å². The summed E-state index contributed by atoms with van der Waals surface area (Å²) in [7, 11) is 2.00. The van der Waals surface area contributed by atoms with Crippen molar-refractivity contribution in [3.8, 4) is 5.75 Å². The normalized spacial score (nSPS) is 15.4. The van der Waals surface area contributed by atoms with E-state index in [4.69, 9.17) is 4.74 Å². The minimum atomic E-state index is 0.231. The lowest BCUT2D eigenvalue weighted by atomic mass is 9.98. The van der Waals surface area contributed by atoms with Gasteiger partial charge in [-0.2, -0.15) is 11.3 Å². The van der Waals surface area contributed by atoms with Gasteiger partial charge < -0.3 is 10.1 Å². The van der Waals surface area contributed by atoms with Crippen molar-refractivity contribution in [1.29, 1.82) is 0 Å². The van der Waals surface area contributed by atoms with Crippen LogP contribution in [0.25, 0.3) is 0 Å². The van der Waals surface area contributed by atoms with Crippen molar-refractivity contribution < 1.29 is 4.74 Å². The molecule has 0 spiro atoms. The van der Waals surface area contributed by atoms with Crippen molar-refractivity contribution in [3.63, 3.8) is 0 Å². The van der Waals surface area contributed by atoms with E-state index >= 15 is 0 Å². The van der Waals surface area contributed by atoms with Crippen LogP contribution in [0.4, 0.5) is 0 Å². The Bertz CT molecular complexity index is 507.